The number of halogens is 5. The largest absolute Gasteiger partial charge is 0.207 e. The van der Waals surface area contributed by atoms with Crippen molar-refractivity contribution in [3.63, 3.8) is 0 Å². The van der Waals surface area contributed by atoms with Crippen LogP contribution in [0.2, 0.25) is 10.0 Å². The monoisotopic (exact) mass is 380 g/mol. The van der Waals surface area contributed by atoms with Crippen LogP contribution in [0, 0.1) is 5.82 Å². The van der Waals surface area contributed by atoms with E-state index in [-0.39, 0.29) is 5.82 Å². The van der Waals surface area contributed by atoms with Crippen LogP contribution >= 0.6 is 50.7 Å². The van der Waals surface area contributed by atoms with Crippen molar-refractivity contribution in [2.45, 2.75) is 11.8 Å². The molecule has 0 aliphatic heterocycles. The number of alkyl halides is 1. The second kappa shape index (κ2) is 6.45. The summed E-state index contributed by atoms with van der Waals surface area (Å²) in [6.45, 7) is 0. The molecule has 1 atom stereocenters. The summed E-state index contributed by atoms with van der Waals surface area (Å²) in [4.78, 5) is 0. The fraction of sp³-hybridized carbons (Fsp3) is 0.143. The lowest BCUT2D eigenvalue weighted by molar-refractivity contribution is 0.605. The first kappa shape index (κ1) is 15.1. The van der Waals surface area contributed by atoms with Crippen LogP contribution in [-0.2, 0) is 6.42 Å². The quantitative estimate of drug-likeness (QED) is 0.425. The molecule has 0 spiro atoms. The Kier molecular flexibility index (Phi) is 5.13. The van der Waals surface area contributed by atoms with E-state index in [1.807, 2.05) is 18.2 Å². The van der Waals surface area contributed by atoms with E-state index in [0.29, 0.717) is 26.5 Å². The van der Waals surface area contributed by atoms with Gasteiger partial charge in [-0.05, 0) is 46.1 Å². The Labute approximate surface area is 134 Å². The van der Waals surface area contributed by atoms with Gasteiger partial charge in [-0.3, -0.25) is 0 Å². The lowest BCUT2D eigenvalue weighted by atomic mass is 10.0. The maximum atomic E-state index is 13.9. The van der Waals surface area contributed by atoms with E-state index in [1.165, 1.54) is 12.1 Å². The molecular formula is C14H9BrCl3F. The first-order chi connectivity index (χ1) is 8.99. The molecule has 100 valence electrons. The highest BCUT2D eigenvalue weighted by atomic mass is 79.9. The van der Waals surface area contributed by atoms with Gasteiger partial charge in [-0.15, -0.1) is 11.6 Å². The van der Waals surface area contributed by atoms with E-state index in [0.717, 1.165) is 5.56 Å². The Morgan fingerprint density at radius 3 is 2.47 bits per heavy atom. The topological polar surface area (TPSA) is 0 Å². The maximum Gasteiger partial charge on any atom is 0.129 e. The van der Waals surface area contributed by atoms with Crippen LogP contribution in [0.1, 0.15) is 16.5 Å². The SMILES string of the molecule is Fc1cc(Br)c(Cl)cc1C(Cl)Cc1ccccc1Cl. The summed E-state index contributed by atoms with van der Waals surface area (Å²) in [5.41, 5.74) is 1.25. The van der Waals surface area contributed by atoms with Crippen LogP contribution in [0.25, 0.3) is 0 Å². The van der Waals surface area contributed by atoms with Crippen molar-refractivity contribution in [1.29, 1.82) is 0 Å². The highest BCUT2D eigenvalue weighted by Gasteiger charge is 2.17. The molecule has 2 aromatic carbocycles. The van der Waals surface area contributed by atoms with Crippen LogP contribution in [0.3, 0.4) is 0 Å². The van der Waals surface area contributed by atoms with Crippen LogP contribution < -0.4 is 0 Å². The molecular weight excluding hydrogens is 373 g/mol. The van der Waals surface area contributed by atoms with Gasteiger partial charge in [0, 0.05) is 15.1 Å². The molecule has 0 aliphatic rings. The van der Waals surface area contributed by atoms with E-state index < -0.39 is 5.38 Å². The second-order valence-corrected chi connectivity index (χ2v) is 6.25. The zero-order chi connectivity index (χ0) is 14.0. The molecule has 0 aromatic heterocycles. The van der Waals surface area contributed by atoms with Crippen molar-refractivity contribution >= 4 is 50.7 Å². The summed E-state index contributed by atoms with van der Waals surface area (Å²) in [6.07, 6.45) is 0.441. The van der Waals surface area contributed by atoms with Crippen LogP contribution in [0.5, 0.6) is 0 Å². The zero-order valence-electron chi connectivity index (χ0n) is 9.64. The van der Waals surface area contributed by atoms with Gasteiger partial charge in [0.05, 0.1) is 10.4 Å². The normalized spacial score (nSPS) is 12.5. The smallest absolute Gasteiger partial charge is 0.129 e. The van der Waals surface area contributed by atoms with Crippen molar-refractivity contribution in [2.75, 3.05) is 0 Å². The molecule has 19 heavy (non-hydrogen) atoms. The third kappa shape index (κ3) is 3.63. The Bertz CT molecular complexity index is 601. The minimum atomic E-state index is -0.523. The number of rotatable bonds is 3. The zero-order valence-corrected chi connectivity index (χ0v) is 13.5. The molecule has 0 saturated carbocycles. The first-order valence-corrected chi connectivity index (χ1v) is 7.49. The van der Waals surface area contributed by atoms with Crippen molar-refractivity contribution in [2.24, 2.45) is 0 Å². The number of hydrogen-bond acceptors (Lipinski definition) is 0. The molecule has 0 radical (unpaired) electrons. The molecule has 0 amide bonds. The van der Waals surface area contributed by atoms with E-state index in [4.69, 9.17) is 34.8 Å². The van der Waals surface area contributed by atoms with Crippen LogP contribution in [-0.4, -0.2) is 0 Å². The van der Waals surface area contributed by atoms with Crippen LogP contribution in [0.4, 0.5) is 4.39 Å². The lowest BCUT2D eigenvalue weighted by Gasteiger charge is -2.13. The first-order valence-electron chi connectivity index (χ1n) is 5.51. The van der Waals surface area contributed by atoms with Crippen molar-refractivity contribution in [3.8, 4) is 0 Å². The summed E-state index contributed by atoms with van der Waals surface area (Å²) in [5.74, 6) is -0.386. The average Bonchev–Trinajstić information content (AvgIpc) is 2.36. The van der Waals surface area contributed by atoms with Crippen molar-refractivity contribution in [3.05, 3.63) is 67.9 Å². The maximum absolute atomic E-state index is 13.9. The molecule has 5 heteroatoms. The van der Waals surface area contributed by atoms with Gasteiger partial charge in [-0.25, -0.2) is 4.39 Å². The minimum absolute atomic E-state index is 0.370. The van der Waals surface area contributed by atoms with Gasteiger partial charge in [-0.2, -0.15) is 0 Å². The second-order valence-electron chi connectivity index (χ2n) is 4.05. The fourth-order valence-corrected chi connectivity index (χ4v) is 2.78. The number of hydrogen-bond donors (Lipinski definition) is 0. The summed E-state index contributed by atoms with van der Waals surface area (Å²) < 4.78 is 14.4. The summed E-state index contributed by atoms with van der Waals surface area (Å²) in [7, 11) is 0. The van der Waals surface area contributed by atoms with Gasteiger partial charge >= 0.3 is 0 Å². The minimum Gasteiger partial charge on any atom is -0.207 e. The van der Waals surface area contributed by atoms with E-state index >= 15 is 0 Å². The standard InChI is InChI=1S/C14H9BrCl3F/c15-10-7-14(19)9(6-13(10)18)12(17)5-8-3-1-2-4-11(8)16/h1-4,6-7,12H,5H2. The van der Waals surface area contributed by atoms with Gasteiger partial charge in [0.15, 0.2) is 0 Å². The average molecular weight is 382 g/mol. The van der Waals surface area contributed by atoms with Crippen LogP contribution in [0.15, 0.2) is 40.9 Å². The fourth-order valence-electron chi connectivity index (χ4n) is 1.74. The van der Waals surface area contributed by atoms with Gasteiger partial charge in [-0.1, -0.05) is 41.4 Å². The molecule has 0 N–H and O–H groups in total. The summed E-state index contributed by atoms with van der Waals surface area (Å²) in [6, 6.07) is 10.2. The molecule has 1 unspecified atom stereocenters. The van der Waals surface area contributed by atoms with Gasteiger partial charge < -0.3 is 0 Å². The Morgan fingerprint density at radius 1 is 1.11 bits per heavy atom. The highest BCUT2D eigenvalue weighted by molar-refractivity contribution is 9.10. The number of benzene rings is 2. The van der Waals surface area contributed by atoms with E-state index in [2.05, 4.69) is 15.9 Å². The Balaban J connectivity index is 2.28. The Morgan fingerprint density at radius 2 is 1.79 bits per heavy atom. The van der Waals surface area contributed by atoms with Gasteiger partial charge in [0.1, 0.15) is 5.82 Å². The van der Waals surface area contributed by atoms with Crippen molar-refractivity contribution in [1.82, 2.24) is 0 Å². The summed E-state index contributed by atoms with van der Waals surface area (Å²) in [5, 5.41) is 0.531. The summed E-state index contributed by atoms with van der Waals surface area (Å²) >= 11 is 21.5. The third-order valence-corrected chi connectivity index (χ3v) is 4.69. The molecule has 2 aromatic rings. The molecule has 0 fully saturated rings. The molecule has 0 aliphatic carbocycles. The van der Waals surface area contributed by atoms with Gasteiger partial charge in [0.25, 0.3) is 0 Å². The van der Waals surface area contributed by atoms with Gasteiger partial charge in [0.2, 0.25) is 0 Å². The Hall–Kier alpha value is -0.280. The molecule has 0 bridgehead atoms. The highest BCUT2D eigenvalue weighted by Crippen LogP contribution is 2.34. The third-order valence-electron chi connectivity index (χ3n) is 2.73. The predicted octanol–water partition coefficient (Wildman–Crippen LogP) is 6.42. The van der Waals surface area contributed by atoms with Crippen molar-refractivity contribution < 1.29 is 4.39 Å². The predicted molar refractivity (Wildman–Crippen MR) is 82.9 cm³/mol. The molecule has 0 heterocycles. The lowest BCUT2D eigenvalue weighted by Crippen LogP contribution is -2.00. The molecule has 2 rings (SSSR count). The molecule has 0 saturated heterocycles. The molecule has 0 nitrogen and oxygen atoms in total. The van der Waals surface area contributed by atoms with E-state index in [1.54, 1.807) is 6.07 Å². The van der Waals surface area contributed by atoms with E-state index in [9.17, 15) is 4.39 Å².